The number of aromatic nitrogens is 2. The van der Waals surface area contributed by atoms with Crippen LogP contribution in [0.3, 0.4) is 0 Å². The van der Waals surface area contributed by atoms with Crippen molar-refractivity contribution >= 4 is 5.82 Å². The van der Waals surface area contributed by atoms with E-state index in [1.807, 2.05) is 14.0 Å². The summed E-state index contributed by atoms with van der Waals surface area (Å²) < 4.78 is 1.78. The highest BCUT2D eigenvalue weighted by atomic mass is 15.3. The van der Waals surface area contributed by atoms with E-state index in [-0.39, 0.29) is 0 Å². The van der Waals surface area contributed by atoms with Crippen molar-refractivity contribution in [3.05, 3.63) is 11.3 Å². The van der Waals surface area contributed by atoms with Gasteiger partial charge in [0.25, 0.3) is 0 Å². The van der Waals surface area contributed by atoms with Crippen molar-refractivity contribution in [2.24, 2.45) is 13.0 Å². The third-order valence-electron chi connectivity index (χ3n) is 3.76. The predicted octanol–water partition coefficient (Wildman–Crippen LogP) is 1.35. The van der Waals surface area contributed by atoms with Crippen molar-refractivity contribution in [2.45, 2.75) is 26.3 Å². The number of piperidine rings is 1. The highest BCUT2D eigenvalue weighted by Gasteiger charge is 2.26. The van der Waals surface area contributed by atoms with Crippen LogP contribution in [0.1, 0.15) is 24.6 Å². The summed E-state index contributed by atoms with van der Waals surface area (Å²) in [5.41, 5.74) is 1.46. The van der Waals surface area contributed by atoms with Gasteiger partial charge in [0.1, 0.15) is 17.5 Å². The first-order valence-corrected chi connectivity index (χ1v) is 6.41. The second-order valence-corrected chi connectivity index (χ2v) is 5.32. The Morgan fingerprint density at radius 2 is 2.17 bits per heavy atom. The summed E-state index contributed by atoms with van der Waals surface area (Å²) in [7, 11) is 4.04. The van der Waals surface area contributed by atoms with Gasteiger partial charge < -0.3 is 10.2 Å². The molecule has 18 heavy (non-hydrogen) atoms. The first-order valence-electron chi connectivity index (χ1n) is 6.41. The van der Waals surface area contributed by atoms with Crippen LogP contribution >= 0.6 is 0 Å². The second-order valence-electron chi connectivity index (χ2n) is 5.32. The lowest BCUT2D eigenvalue weighted by Crippen LogP contribution is -2.43. The molecule has 1 aromatic rings. The van der Waals surface area contributed by atoms with Gasteiger partial charge >= 0.3 is 0 Å². The summed E-state index contributed by atoms with van der Waals surface area (Å²) >= 11 is 0. The van der Waals surface area contributed by atoms with Crippen molar-refractivity contribution in [1.82, 2.24) is 14.7 Å². The van der Waals surface area contributed by atoms with Gasteiger partial charge in [0.2, 0.25) is 0 Å². The molecule has 1 aromatic heterocycles. The zero-order valence-electron chi connectivity index (χ0n) is 11.6. The molecule has 98 valence electrons. The third-order valence-corrected chi connectivity index (χ3v) is 3.76. The fraction of sp³-hybridized carbons (Fsp3) is 0.692. The molecule has 0 bridgehead atoms. The SMILES string of the molecule is Cc1nn(C)c(NC2CCN(C)CC2C)c1C#N. The first-order chi connectivity index (χ1) is 8.52. The van der Waals surface area contributed by atoms with Crippen LogP contribution in [-0.2, 0) is 7.05 Å². The number of rotatable bonds is 2. The Bertz CT molecular complexity index is 470. The number of nitrogens with zero attached hydrogens (tertiary/aromatic N) is 4. The molecule has 0 saturated carbocycles. The van der Waals surface area contributed by atoms with Gasteiger partial charge in [-0.1, -0.05) is 6.92 Å². The van der Waals surface area contributed by atoms with E-state index in [9.17, 15) is 5.26 Å². The molecule has 2 unspecified atom stereocenters. The predicted molar refractivity (Wildman–Crippen MR) is 71.3 cm³/mol. The Morgan fingerprint density at radius 3 is 2.78 bits per heavy atom. The van der Waals surface area contributed by atoms with Gasteiger partial charge in [-0.3, -0.25) is 4.68 Å². The van der Waals surface area contributed by atoms with Gasteiger partial charge in [-0.05, 0) is 32.9 Å². The van der Waals surface area contributed by atoms with Gasteiger partial charge in [0.05, 0.1) is 5.69 Å². The minimum atomic E-state index is 0.420. The van der Waals surface area contributed by atoms with Crippen LogP contribution in [0.2, 0.25) is 0 Å². The number of nitriles is 1. The van der Waals surface area contributed by atoms with Crippen molar-refractivity contribution in [2.75, 3.05) is 25.5 Å². The number of aryl methyl sites for hydroxylation is 2. The summed E-state index contributed by atoms with van der Waals surface area (Å²) in [6.07, 6.45) is 1.10. The molecule has 5 heteroatoms. The third kappa shape index (κ3) is 2.34. The average Bonchev–Trinajstić information content (AvgIpc) is 2.57. The van der Waals surface area contributed by atoms with Crippen molar-refractivity contribution in [3.8, 4) is 6.07 Å². The lowest BCUT2D eigenvalue weighted by molar-refractivity contribution is 0.206. The second kappa shape index (κ2) is 4.99. The molecule has 2 heterocycles. The molecule has 0 aromatic carbocycles. The Kier molecular flexibility index (Phi) is 3.58. The van der Waals surface area contributed by atoms with E-state index in [4.69, 9.17) is 0 Å². The number of anilines is 1. The molecule has 1 aliphatic heterocycles. The van der Waals surface area contributed by atoms with Gasteiger partial charge in [-0.15, -0.1) is 0 Å². The zero-order valence-corrected chi connectivity index (χ0v) is 11.6. The molecule has 0 amide bonds. The molecular weight excluding hydrogens is 226 g/mol. The highest BCUT2D eigenvalue weighted by molar-refractivity contribution is 5.55. The first kappa shape index (κ1) is 12.9. The maximum absolute atomic E-state index is 9.20. The van der Waals surface area contributed by atoms with Crippen LogP contribution in [0.25, 0.3) is 0 Å². The molecule has 0 aliphatic carbocycles. The minimum absolute atomic E-state index is 0.420. The summed E-state index contributed by atoms with van der Waals surface area (Å²) in [6.45, 7) is 6.32. The van der Waals surface area contributed by atoms with E-state index in [1.54, 1.807) is 4.68 Å². The Hall–Kier alpha value is -1.54. The zero-order chi connectivity index (χ0) is 13.3. The number of nitrogens with one attached hydrogen (secondary N) is 1. The molecular formula is C13H21N5. The van der Waals surface area contributed by atoms with Crippen LogP contribution in [0, 0.1) is 24.2 Å². The fourth-order valence-electron chi connectivity index (χ4n) is 2.70. The lowest BCUT2D eigenvalue weighted by Gasteiger charge is -2.35. The van der Waals surface area contributed by atoms with Gasteiger partial charge in [0.15, 0.2) is 0 Å². The van der Waals surface area contributed by atoms with E-state index >= 15 is 0 Å². The van der Waals surface area contributed by atoms with Crippen LogP contribution in [-0.4, -0.2) is 40.9 Å². The number of likely N-dealkylation sites (tertiary alicyclic amines) is 1. The monoisotopic (exact) mass is 247 g/mol. The van der Waals surface area contributed by atoms with Gasteiger partial charge in [-0.25, -0.2) is 0 Å². The average molecular weight is 247 g/mol. The minimum Gasteiger partial charge on any atom is -0.366 e. The maximum atomic E-state index is 9.20. The van der Waals surface area contributed by atoms with E-state index in [0.29, 0.717) is 17.5 Å². The van der Waals surface area contributed by atoms with E-state index < -0.39 is 0 Å². The Balaban J connectivity index is 2.17. The molecule has 1 N–H and O–H groups in total. The molecule has 0 radical (unpaired) electrons. The molecule has 5 nitrogen and oxygen atoms in total. The van der Waals surface area contributed by atoms with E-state index in [1.165, 1.54) is 0 Å². The lowest BCUT2D eigenvalue weighted by atomic mass is 9.94. The number of hydrogen-bond acceptors (Lipinski definition) is 4. The highest BCUT2D eigenvalue weighted by Crippen LogP contribution is 2.23. The van der Waals surface area contributed by atoms with Crippen LogP contribution in [0.4, 0.5) is 5.82 Å². The summed E-state index contributed by atoms with van der Waals surface area (Å²) in [6, 6.07) is 2.66. The fourth-order valence-corrected chi connectivity index (χ4v) is 2.70. The van der Waals surface area contributed by atoms with Crippen LogP contribution < -0.4 is 5.32 Å². The Labute approximate surface area is 108 Å². The van der Waals surface area contributed by atoms with Crippen molar-refractivity contribution < 1.29 is 0 Å². The van der Waals surface area contributed by atoms with Crippen molar-refractivity contribution in [3.63, 3.8) is 0 Å². The molecule has 2 atom stereocenters. The van der Waals surface area contributed by atoms with E-state index in [2.05, 4.69) is 35.4 Å². The largest absolute Gasteiger partial charge is 0.366 e. The summed E-state index contributed by atoms with van der Waals surface area (Å²) in [5.74, 6) is 1.43. The van der Waals surface area contributed by atoms with Crippen molar-refractivity contribution in [1.29, 1.82) is 5.26 Å². The molecule has 0 spiro atoms. The summed E-state index contributed by atoms with van der Waals surface area (Å²) in [4.78, 5) is 2.35. The van der Waals surface area contributed by atoms with Crippen LogP contribution in [0.5, 0.6) is 0 Å². The van der Waals surface area contributed by atoms with Crippen LogP contribution in [0.15, 0.2) is 0 Å². The standard InChI is InChI=1S/C13H21N5/c1-9-8-17(3)6-5-12(9)15-13-11(7-14)10(2)16-18(13)4/h9,12,15H,5-6,8H2,1-4H3. The van der Waals surface area contributed by atoms with Gasteiger partial charge in [0, 0.05) is 19.6 Å². The molecule has 1 saturated heterocycles. The maximum Gasteiger partial charge on any atom is 0.142 e. The normalized spacial score (nSPS) is 24.8. The molecule has 2 rings (SSSR count). The number of hydrogen-bond donors (Lipinski definition) is 1. The summed E-state index contributed by atoms with van der Waals surface area (Å²) in [5, 5.41) is 17.0. The van der Waals surface area contributed by atoms with Gasteiger partial charge in [-0.2, -0.15) is 10.4 Å². The molecule has 1 aliphatic rings. The smallest absolute Gasteiger partial charge is 0.142 e. The molecule has 1 fully saturated rings. The Morgan fingerprint density at radius 1 is 1.44 bits per heavy atom. The topological polar surface area (TPSA) is 56.9 Å². The van der Waals surface area contributed by atoms with E-state index in [0.717, 1.165) is 31.0 Å². The quantitative estimate of drug-likeness (QED) is 0.857.